The number of sulfonamides is 2. The maximum Gasteiger partial charge on any atom is 0.293 e. The summed E-state index contributed by atoms with van der Waals surface area (Å²) in [6, 6.07) is 14.7. The second-order valence-electron chi connectivity index (χ2n) is 20.1. The Kier molecular flexibility index (Phi) is 26.1. The SMILES string of the molecule is CCN(CC)CC1CCN(c2ccc(CC(=O)CCN(C)S(=O)(=O)c3c(C)cc(OC)cc3C)cn2)CC1.CCN(CC)CC1CCN(c2ccc(N)cn2)CC1.COc1cc(C)c(S(=O)(=O)N(C)CCOC=O)c(C)c1. The quantitative estimate of drug-likeness (QED) is 0.0507. The zero-order valence-electron chi connectivity index (χ0n) is 48.1. The summed E-state index contributed by atoms with van der Waals surface area (Å²) < 4.78 is 68.7. The number of nitrogens with two attached hydrogens (primary N) is 1. The van der Waals surface area contributed by atoms with Crippen molar-refractivity contribution in [3.63, 3.8) is 0 Å². The zero-order chi connectivity index (χ0) is 56.9. The van der Waals surface area contributed by atoms with Crippen LogP contribution < -0.4 is 25.0 Å². The maximum atomic E-state index is 13.2. The molecule has 2 saturated heterocycles. The van der Waals surface area contributed by atoms with Crippen LogP contribution >= 0.6 is 0 Å². The van der Waals surface area contributed by atoms with E-state index in [4.69, 9.17) is 15.2 Å². The Morgan fingerprint density at radius 2 is 1.05 bits per heavy atom. The van der Waals surface area contributed by atoms with E-state index in [1.807, 2.05) is 24.3 Å². The predicted octanol–water partition coefficient (Wildman–Crippen LogP) is 7.42. The normalized spacial score (nSPS) is 14.5. The van der Waals surface area contributed by atoms with Crippen LogP contribution in [0.5, 0.6) is 11.5 Å². The Balaban J connectivity index is 0.000000275. The first-order valence-electron chi connectivity index (χ1n) is 27.1. The number of hydrogen-bond donors (Lipinski definition) is 1. The van der Waals surface area contributed by atoms with Gasteiger partial charge in [-0.1, -0.05) is 33.8 Å². The largest absolute Gasteiger partial charge is 0.497 e. The number of benzene rings is 2. The van der Waals surface area contributed by atoms with Gasteiger partial charge in [0, 0.05) is 85.5 Å². The number of carbonyl (C=O) groups excluding carboxylic acids is 2. The molecular weight excluding hydrogens is 1020 g/mol. The van der Waals surface area contributed by atoms with Crippen LogP contribution in [0.4, 0.5) is 17.3 Å². The fourth-order valence-corrected chi connectivity index (χ4v) is 13.1. The molecule has 4 aromatic rings. The minimum Gasteiger partial charge on any atom is -0.497 e. The van der Waals surface area contributed by atoms with E-state index < -0.39 is 20.0 Å². The molecule has 2 aliphatic heterocycles. The highest BCUT2D eigenvalue weighted by Gasteiger charge is 2.28. The highest BCUT2D eigenvalue weighted by atomic mass is 32.2. The van der Waals surface area contributed by atoms with Gasteiger partial charge in [0.1, 0.15) is 35.5 Å². The van der Waals surface area contributed by atoms with Gasteiger partial charge in [0.15, 0.2) is 0 Å². The number of methoxy groups -OCH3 is 2. The van der Waals surface area contributed by atoms with E-state index in [0.29, 0.717) is 40.2 Å². The lowest BCUT2D eigenvalue weighted by Crippen LogP contribution is -2.39. The smallest absolute Gasteiger partial charge is 0.293 e. The Morgan fingerprint density at radius 3 is 1.40 bits per heavy atom. The molecule has 0 radical (unpaired) electrons. The lowest BCUT2D eigenvalue weighted by Gasteiger charge is -2.35. The van der Waals surface area contributed by atoms with Crippen LogP contribution in [0.2, 0.25) is 0 Å². The summed E-state index contributed by atoms with van der Waals surface area (Å²) in [4.78, 5) is 42.1. The Hall–Kier alpha value is -5.38. The standard InChI is InChI=1S/C29H44N4O4S.C15H26N4.C13H19NO5S/c1-7-32(8-2)21-24-11-15-33(16-12-24)28-10-9-25(20-30-28)19-26(34)13-14-31(5)38(35,36)29-22(3)17-27(37-6)18-23(29)4;1-3-18(4-2)12-13-7-9-19(10-8-13)15-6-5-14(16)11-17-15;1-10-7-12(18-4)8-11(2)13(10)20(16,17)14(3)5-6-19-9-15/h9-10,17-18,20,24H,7-8,11-16,19,21H2,1-6H3;5-6,11,13H,3-4,7-10,12,16H2,1-2H3;7-9H,5-6H2,1-4H3. The van der Waals surface area contributed by atoms with Gasteiger partial charge in [-0.3, -0.25) is 9.59 Å². The third-order valence-electron chi connectivity index (χ3n) is 14.7. The van der Waals surface area contributed by atoms with Crippen molar-refractivity contribution in [3.8, 4) is 11.5 Å². The van der Waals surface area contributed by atoms with Gasteiger partial charge in [-0.2, -0.15) is 4.31 Å². The second kappa shape index (κ2) is 31.3. The Morgan fingerprint density at radius 1 is 0.649 bits per heavy atom. The molecule has 2 aliphatic rings. The summed E-state index contributed by atoms with van der Waals surface area (Å²) in [6.07, 6.45) is 8.79. The number of ketones is 1. The van der Waals surface area contributed by atoms with Crippen molar-refractivity contribution in [2.45, 2.75) is 104 Å². The minimum absolute atomic E-state index is 0.0120. The first-order valence-corrected chi connectivity index (χ1v) is 29.9. The molecular formula is C57H89N9O9S2. The van der Waals surface area contributed by atoms with Crippen LogP contribution in [0.25, 0.3) is 0 Å². The average Bonchev–Trinajstić information content (AvgIpc) is 3.41. The van der Waals surface area contributed by atoms with Crippen LogP contribution in [0.15, 0.2) is 70.7 Å². The van der Waals surface area contributed by atoms with Crippen LogP contribution in [0.1, 0.15) is 87.6 Å². The fourth-order valence-electron chi connectivity index (χ4n) is 9.93. The van der Waals surface area contributed by atoms with Crippen LogP contribution in [-0.2, 0) is 40.8 Å². The summed E-state index contributed by atoms with van der Waals surface area (Å²) in [5, 5.41) is 0. The van der Waals surface area contributed by atoms with E-state index in [2.05, 4.69) is 62.0 Å². The molecule has 2 fully saturated rings. The number of aromatic nitrogens is 2. The summed E-state index contributed by atoms with van der Waals surface area (Å²) in [5.74, 6) is 4.82. The molecule has 0 bridgehead atoms. The number of hydrogen-bond acceptors (Lipinski definition) is 16. The molecule has 0 amide bonds. The summed E-state index contributed by atoms with van der Waals surface area (Å²) in [5.41, 5.74) is 9.74. The molecule has 2 aromatic heterocycles. The molecule has 4 heterocycles. The molecule has 2 aromatic carbocycles. The van der Waals surface area contributed by atoms with Gasteiger partial charge in [-0.15, -0.1) is 0 Å². The number of pyridine rings is 2. The molecule has 0 atom stereocenters. The van der Waals surface area contributed by atoms with Gasteiger partial charge in [-0.05, 0) is 162 Å². The highest BCUT2D eigenvalue weighted by Crippen LogP contribution is 2.30. The number of rotatable bonds is 25. The molecule has 0 unspecified atom stereocenters. The number of Topliss-reactive ketones (excluding diaryl/α,β-unsaturated/α-hetero) is 1. The van der Waals surface area contributed by atoms with Crippen molar-refractivity contribution in [2.24, 2.45) is 11.8 Å². The molecule has 20 heteroatoms. The van der Waals surface area contributed by atoms with E-state index in [9.17, 15) is 26.4 Å². The van der Waals surface area contributed by atoms with E-state index in [1.54, 1.807) is 71.5 Å². The molecule has 0 saturated carbocycles. The summed E-state index contributed by atoms with van der Waals surface area (Å²) >= 11 is 0. The topological polar surface area (TPSA) is 201 Å². The molecule has 6 rings (SSSR count). The lowest BCUT2D eigenvalue weighted by molar-refractivity contribution is -0.128. The van der Waals surface area contributed by atoms with Crippen molar-refractivity contribution >= 4 is 49.6 Å². The monoisotopic (exact) mass is 1110 g/mol. The van der Waals surface area contributed by atoms with E-state index in [0.717, 1.165) is 91.4 Å². The second-order valence-corrected chi connectivity index (χ2v) is 24.0. The van der Waals surface area contributed by atoms with Crippen LogP contribution in [-0.4, -0.2) is 171 Å². The van der Waals surface area contributed by atoms with Gasteiger partial charge < -0.3 is 39.5 Å². The summed E-state index contributed by atoms with van der Waals surface area (Å²) in [7, 11) is -1.28. The van der Waals surface area contributed by atoms with Crippen molar-refractivity contribution in [2.75, 3.05) is 129 Å². The molecule has 428 valence electrons. The predicted molar refractivity (Wildman–Crippen MR) is 308 cm³/mol. The highest BCUT2D eigenvalue weighted by molar-refractivity contribution is 7.89. The van der Waals surface area contributed by atoms with Gasteiger partial charge in [0.25, 0.3) is 6.47 Å². The van der Waals surface area contributed by atoms with Crippen molar-refractivity contribution in [3.05, 3.63) is 88.7 Å². The van der Waals surface area contributed by atoms with Gasteiger partial charge in [-0.25, -0.2) is 31.1 Å². The van der Waals surface area contributed by atoms with Gasteiger partial charge in [0.2, 0.25) is 20.0 Å². The number of anilines is 3. The van der Waals surface area contributed by atoms with Crippen LogP contribution in [0.3, 0.4) is 0 Å². The van der Waals surface area contributed by atoms with Crippen molar-refractivity contribution in [1.82, 2.24) is 28.4 Å². The number of nitrogens with zero attached hydrogens (tertiary/aromatic N) is 8. The Labute approximate surface area is 461 Å². The molecule has 2 N–H and O–H groups in total. The summed E-state index contributed by atoms with van der Waals surface area (Å²) in [6.45, 7) is 27.6. The number of nitrogen functional groups attached to an aromatic ring is 1. The number of ether oxygens (including phenoxy) is 3. The third-order valence-corrected chi connectivity index (χ3v) is 19.0. The Bertz CT molecular complexity index is 2630. The van der Waals surface area contributed by atoms with E-state index >= 15 is 0 Å². The number of carbonyl (C=O) groups is 2. The zero-order valence-corrected chi connectivity index (χ0v) is 49.7. The lowest BCUT2D eigenvalue weighted by atomic mass is 9.96. The molecule has 0 spiro atoms. The van der Waals surface area contributed by atoms with Crippen LogP contribution in [0, 0.1) is 39.5 Å². The molecule has 0 aliphatic carbocycles. The molecule has 77 heavy (non-hydrogen) atoms. The minimum atomic E-state index is -3.72. The maximum absolute atomic E-state index is 13.2. The first-order chi connectivity index (χ1) is 36.6. The van der Waals surface area contributed by atoms with E-state index in [-0.39, 0.29) is 48.1 Å². The number of likely N-dealkylation sites (N-methyl/N-ethyl adjacent to an activating group) is 1. The third kappa shape index (κ3) is 18.9. The number of piperidine rings is 2. The molecule has 18 nitrogen and oxygen atoms in total. The van der Waals surface area contributed by atoms with Crippen molar-refractivity contribution in [1.29, 1.82) is 0 Å². The fraction of sp³-hybridized carbons (Fsp3) is 0.579. The average molecular weight is 1110 g/mol. The van der Waals surface area contributed by atoms with Gasteiger partial charge >= 0.3 is 0 Å². The first kappa shape index (κ1) is 64.1. The van der Waals surface area contributed by atoms with E-state index in [1.165, 1.54) is 64.3 Å². The van der Waals surface area contributed by atoms with Crippen molar-refractivity contribution < 1.29 is 40.6 Å². The van der Waals surface area contributed by atoms with Gasteiger partial charge in [0.05, 0.1) is 35.9 Å². The number of aryl methyl sites for hydroxylation is 4.